The van der Waals surface area contributed by atoms with Crippen molar-refractivity contribution in [3.63, 3.8) is 0 Å². The smallest absolute Gasteiger partial charge is 0.343 e. The molecule has 24 heavy (non-hydrogen) atoms. The largest absolute Gasteiger partial charge is 0.462 e. The normalized spacial score (nSPS) is 17.2. The second-order valence-corrected chi connectivity index (χ2v) is 7.03. The SMILES string of the molecule is CCOC(=O)C1=C(N)Oc2ccccc2C1P(=O)(OCC)OCC. The molecule has 0 amide bonds. The number of esters is 1. The first-order chi connectivity index (χ1) is 11.5. The molecular formula is C16H22NO6P. The van der Waals surface area contributed by atoms with Gasteiger partial charge in [-0.2, -0.15) is 0 Å². The van der Waals surface area contributed by atoms with E-state index in [1.54, 1.807) is 45.0 Å². The van der Waals surface area contributed by atoms with Crippen LogP contribution >= 0.6 is 7.60 Å². The minimum absolute atomic E-state index is 0.0409. The molecule has 1 aliphatic rings. The van der Waals surface area contributed by atoms with Gasteiger partial charge in [0.15, 0.2) is 0 Å². The molecule has 0 aromatic heterocycles. The molecule has 1 aromatic rings. The van der Waals surface area contributed by atoms with Crippen LogP contribution in [0.1, 0.15) is 32.0 Å². The summed E-state index contributed by atoms with van der Waals surface area (Å²) in [6, 6.07) is 6.89. The highest BCUT2D eigenvalue weighted by Gasteiger charge is 2.47. The van der Waals surface area contributed by atoms with Gasteiger partial charge in [0.25, 0.3) is 0 Å². The zero-order chi connectivity index (χ0) is 17.7. The van der Waals surface area contributed by atoms with Gasteiger partial charge < -0.3 is 24.3 Å². The fraction of sp³-hybridized carbons (Fsp3) is 0.438. The van der Waals surface area contributed by atoms with Gasteiger partial charge in [-0.1, -0.05) is 18.2 Å². The Bertz CT molecular complexity index is 677. The van der Waals surface area contributed by atoms with Crippen LogP contribution in [-0.2, 0) is 23.1 Å². The van der Waals surface area contributed by atoms with E-state index >= 15 is 0 Å². The molecule has 1 aromatic carbocycles. The molecule has 0 spiro atoms. The van der Waals surface area contributed by atoms with E-state index in [-0.39, 0.29) is 31.3 Å². The van der Waals surface area contributed by atoms with Crippen molar-refractivity contribution in [3.8, 4) is 5.75 Å². The Morgan fingerprint density at radius 1 is 1.17 bits per heavy atom. The first kappa shape index (κ1) is 18.5. The van der Waals surface area contributed by atoms with Gasteiger partial charge in [0, 0.05) is 5.56 Å². The van der Waals surface area contributed by atoms with E-state index in [1.807, 2.05) is 0 Å². The van der Waals surface area contributed by atoms with Crippen LogP contribution in [0.5, 0.6) is 5.75 Å². The van der Waals surface area contributed by atoms with Gasteiger partial charge in [-0.25, -0.2) is 4.79 Å². The van der Waals surface area contributed by atoms with Gasteiger partial charge in [0.1, 0.15) is 17.0 Å². The second-order valence-electron chi connectivity index (χ2n) is 4.92. The molecule has 0 saturated carbocycles. The molecule has 2 N–H and O–H groups in total. The lowest BCUT2D eigenvalue weighted by Crippen LogP contribution is -2.27. The highest BCUT2D eigenvalue weighted by Crippen LogP contribution is 2.66. The summed E-state index contributed by atoms with van der Waals surface area (Å²) in [4.78, 5) is 12.4. The van der Waals surface area contributed by atoms with Gasteiger partial charge in [0.2, 0.25) is 5.88 Å². The Balaban J connectivity index is 2.64. The maximum atomic E-state index is 13.4. The molecule has 0 bridgehead atoms. The van der Waals surface area contributed by atoms with Crippen molar-refractivity contribution < 1.29 is 27.9 Å². The van der Waals surface area contributed by atoms with Crippen molar-refractivity contribution in [1.82, 2.24) is 0 Å². The number of para-hydroxylation sites is 1. The number of hydrogen-bond acceptors (Lipinski definition) is 7. The van der Waals surface area contributed by atoms with Gasteiger partial charge in [0.05, 0.1) is 19.8 Å². The Hall–Kier alpha value is -1.82. The van der Waals surface area contributed by atoms with Gasteiger partial charge in [-0.05, 0) is 26.8 Å². The quantitative estimate of drug-likeness (QED) is 0.593. The zero-order valence-corrected chi connectivity index (χ0v) is 14.9. The summed E-state index contributed by atoms with van der Waals surface area (Å²) < 4.78 is 34.9. The van der Waals surface area contributed by atoms with Crippen molar-refractivity contribution in [3.05, 3.63) is 41.3 Å². The number of hydrogen-bond donors (Lipinski definition) is 1. The number of benzene rings is 1. The minimum atomic E-state index is -3.72. The summed E-state index contributed by atoms with van der Waals surface area (Å²) in [5.74, 6) is -0.446. The summed E-state index contributed by atoms with van der Waals surface area (Å²) in [5.41, 5.74) is 5.40. The molecule has 2 rings (SSSR count). The maximum Gasteiger partial charge on any atom is 0.343 e. The van der Waals surface area contributed by atoms with Crippen molar-refractivity contribution in [2.24, 2.45) is 5.73 Å². The van der Waals surface area contributed by atoms with E-state index in [2.05, 4.69) is 0 Å². The molecule has 1 aliphatic heterocycles. The Morgan fingerprint density at radius 3 is 2.38 bits per heavy atom. The van der Waals surface area contributed by atoms with E-state index in [9.17, 15) is 9.36 Å². The van der Waals surface area contributed by atoms with E-state index in [0.717, 1.165) is 0 Å². The predicted octanol–water partition coefficient (Wildman–Crippen LogP) is 3.12. The number of nitrogens with two attached hydrogens (primary N) is 1. The number of rotatable bonds is 7. The van der Waals surface area contributed by atoms with Crippen molar-refractivity contribution in [1.29, 1.82) is 0 Å². The Morgan fingerprint density at radius 2 is 1.79 bits per heavy atom. The molecule has 1 heterocycles. The standard InChI is InChI=1S/C16H22NO6P/c1-4-20-16(18)13-14(24(19,21-5-2)22-6-3)11-9-7-8-10-12(11)23-15(13)17/h7-10,14H,4-6,17H2,1-3H3. The van der Waals surface area contributed by atoms with E-state index in [0.29, 0.717) is 11.3 Å². The average molecular weight is 355 g/mol. The lowest BCUT2D eigenvalue weighted by molar-refractivity contribution is -0.139. The van der Waals surface area contributed by atoms with Crippen LogP contribution < -0.4 is 10.5 Å². The lowest BCUT2D eigenvalue weighted by Gasteiger charge is -2.32. The van der Waals surface area contributed by atoms with Crippen LogP contribution in [-0.4, -0.2) is 25.8 Å². The Labute approximate surface area is 141 Å². The van der Waals surface area contributed by atoms with Crippen LogP contribution in [0.3, 0.4) is 0 Å². The molecule has 8 heteroatoms. The molecule has 132 valence electrons. The fourth-order valence-electron chi connectivity index (χ4n) is 2.56. The topological polar surface area (TPSA) is 97.1 Å². The van der Waals surface area contributed by atoms with Gasteiger partial charge >= 0.3 is 13.6 Å². The summed E-state index contributed by atoms with van der Waals surface area (Å²) in [6.45, 7) is 5.55. The molecule has 0 radical (unpaired) electrons. The lowest BCUT2D eigenvalue weighted by atomic mass is 10.0. The fourth-order valence-corrected chi connectivity index (χ4v) is 4.75. The highest BCUT2D eigenvalue weighted by atomic mass is 31.2. The Kier molecular flexibility index (Phi) is 6.04. The molecule has 1 unspecified atom stereocenters. The third kappa shape index (κ3) is 3.48. The van der Waals surface area contributed by atoms with Crippen molar-refractivity contribution in [2.75, 3.05) is 19.8 Å². The third-order valence-electron chi connectivity index (χ3n) is 3.40. The summed E-state index contributed by atoms with van der Waals surface area (Å²) in [7, 11) is -3.72. The van der Waals surface area contributed by atoms with Gasteiger partial charge in [-0.15, -0.1) is 0 Å². The first-order valence-corrected chi connectivity index (χ1v) is 9.41. The van der Waals surface area contributed by atoms with Gasteiger partial charge in [-0.3, -0.25) is 4.57 Å². The predicted molar refractivity (Wildman–Crippen MR) is 88.5 cm³/mol. The number of ether oxygens (including phenoxy) is 2. The number of fused-ring (bicyclic) bond motifs is 1. The van der Waals surface area contributed by atoms with E-state index in [4.69, 9.17) is 24.3 Å². The van der Waals surface area contributed by atoms with Crippen LogP contribution in [0.4, 0.5) is 0 Å². The summed E-state index contributed by atoms with van der Waals surface area (Å²) in [6.07, 6.45) is 0. The monoisotopic (exact) mass is 355 g/mol. The molecule has 7 nitrogen and oxygen atoms in total. The van der Waals surface area contributed by atoms with Crippen LogP contribution in [0.25, 0.3) is 0 Å². The first-order valence-electron chi connectivity index (χ1n) is 7.80. The van der Waals surface area contributed by atoms with Crippen molar-refractivity contribution >= 4 is 13.6 Å². The molecule has 0 aliphatic carbocycles. The van der Waals surface area contributed by atoms with Crippen LogP contribution in [0.15, 0.2) is 35.7 Å². The highest BCUT2D eigenvalue weighted by molar-refractivity contribution is 7.54. The zero-order valence-electron chi connectivity index (χ0n) is 14.0. The van der Waals surface area contributed by atoms with E-state index in [1.165, 1.54) is 0 Å². The maximum absolute atomic E-state index is 13.4. The number of carbonyl (C=O) groups excluding carboxylic acids is 1. The van der Waals surface area contributed by atoms with Crippen LogP contribution in [0, 0.1) is 0 Å². The molecule has 1 atom stereocenters. The summed E-state index contributed by atoms with van der Waals surface area (Å²) in [5, 5.41) is 0. The molecule has 0 fully saturated rings. The third-order valence-corrected chi connectivity index (χ3v) is 5.81. The average Bonchev–Trinajstić information content (AvgIpc) is 2.54. The molecular weight excluding hydrogens is 333 g/mol. The second kappa shape index (κ2) is 7.83. The van der Waals surface area contributed by atoms with E-state index < -0.39 is 19.2 Å². The van der Waals surface area contributed by atoms with Crippen LogP contribution in [0.2, 0.25) is 0 Å². The molecule has 0 saturated heterocycles. The minimum Gasteiger partial charge on any atom is -0.462 e. The number of carbonyl (C=O) groups is 1. The van der Waals surface area contributed by atoms with Crippen molar-refractivity contribution in [2.45, 2.75) is 26.4 Å². The summed E-state index contributed by atoms with van der Waals surface area (Å²) >= 11 is 0.